The average Bonchev–Trinajstić information content (AvgIpc) is 2.24. The Morgan fingerprint density at radius 1 is 1.44 bits per heavy atom. The van der Waals surface area contributed by atoms with E-state index in [0.717, 1.165) is 25.8 Å². The highest BCUT2D eigenvalue weighted by Crippen LogP contribution is 2.23. The number of rotatable bonds is 4. The van der Waals surface area contributed by atoms with E-state index in [2.05, 4.69) is 23.6 Å². The number of likely N-dealkylation sites (tertiary alicyclic amines) is 2. The molecule has 16 heavy (non-hydrogen) atoms. The lowest BCUT2D eigenvalue weighted by Crippen LogP contribution is -2.49. The third kappa shape index (κ3) is 2.57. The molecule has 3 heteroatoms. The van der Waals surface area contributed by atoms with E-state index in [-0.39, 0.29) is 0 Å². The largest absolute Gasteiger partial charge is 0.340 e. The van der Waals surface area contributed by atoms with Crippen molar-refractivity contribution in [1.82, 2.24) is 9.80 Å². The first-order valence-corrected chi connectivity index (χ1v) is 6.72. The fraction of sp³-hybridized carbons (Fsp3) is 0.923. The van der Waals surface area contributed by atoms with Crippen LogP contribution in [0.15, 0.2) is 0 Å². The number of carbonyl (C=O) groups is 1. The smallest absolute Gasteiger partial charge is 0.222 e. The van der Waals surface area contributed by atoms with Gasteiger partial charge in [0.25, 0.3) is 0 Å². The fourth-order valence-electron chi connectivity index (χ4n) is 2.67. The van der Waals surface area contributed by atoms with E-state index in [9.17, 15) is 4.79 Å². The van der Waals surface area contributed by atoms with Crippen molar-refractivity contribution in [3.8, 4) is 0 Å². The van der Waals surface area contributed by atoms with Crippen LogP contribution in [0.5, 0.6) is 0 Å². The average molecular weight is 224 g/mol. The highest BCUT2D eigenvalue weighted by Gasteiger charge is 2.30. The molecule has 0 spiro atoms. The van der Waals surface area contributed by atoms with Gasteiger partial charge in [0.15, 0.2) is 0 Å². The van der Waals surface area contributed by atoms with Crippen LogP contribution in [-0.2, 0) is 4.79 Å². The van der Waals surface area contributed by atoms with Crippen molar-refractivity contribution in [3.05, 3.63) is 0 Å². The summed E-state index contributed by atoms with van der Waals surface area (Å²) >= 11 is 0. The van der Waals surface area contributed by atoms with Gasteiger partial charge in [0.05, 0.1) is 0 Å². The van der Waals surface area contributed by atoms with Gasteiger partial charge in [-0.15, -0.1) is 0 Å². The van der Waals surface area contributed by atoms with E-state index in [1.807, 2.05) is 0 Å². The van der Waals surface area contributed by atoms with Gasteiger partial charge in [0.2, 0.25) is 5.91 Å². The first-order chi connectivity index (χ1) is 7.70. The number of amides is 1. The number of hydrogen-bond acceptors (Lipinski definition) is 2. The monoisotopic (exact) mass is 224 g/mol. The standard InChI is InChI=1S/C13H24N2O/c1-3-11(2)15-10-12(5-6-13(15)16)9-14-7-4-8-14/h11-12H,3-10H2,1-2H3. The third-order valence-corrected chi connectivity index (χ3v) is 4.13. The van der Waals surface area contributed by atoms with E-state index in [0.29, 0.717) is 17.9 Å². The Labute approximate surface area is 98.8 Å². The molecule has 0 radical (unpaired) electrons. The fourth-order valence-corrected chi connectivity index (χ4v) is 2.67. The molecule has 2 aliphatic rings. The molecule has 92 valence electrons. The Morgan fingerprint density at radius 2 is 2.19 bits per heavy atom. The van der Waals surface area contributed by atoms with Gasteiger partial charge in [-0.2, -0.15) is 0 Å². The molecular weight excluding hydrogens is 200 g/mol. The summed E-state index contributed by atoms with van der Waals surface area (Å²) in [5.74, 6) is 1.08. The number of hydrogen-bond donors (Lipinski definition) is 0. The van der Waals surface area contributed by atoms with Gasteiger partial charge in [-0.05, 0) is 45.2 Å². The van der Waals surface area contributed by atoms with Gasteiger partial charge in [-0.3, -0.25) is 4.79 Å². The minimum atomic E-state index is 0.370. The summed E-state index contributed by atoms with van der Waals surface area (Å²) in [6.45, 7) is 9.08. The molecular formula is C13H24N2O. The Hall–Kier alpha value is -0.570. The summed E-state index contributed by atoms with van der Waals surface area (Å²) in [5, 5.41) is 0. The summed E-state index contributed by atoms with van der Waals surface area (Å²) in [4.78, 5) is 16.4. The van der Waals surface area contributed by atoms with Crippen LogP contribution in [0.4, 0.5) is 0 Å². The van der Waals surface area contributed by atoms with Crippen LogP contribution in [0.3, 0.4) is 0 Å². The molecule has 0 N–H and O–H groups in total. The van der Waals surface area contributed by atoms with Crippen LogP contribution in [0, 0.1) is 5.92 Å². The maximum Gasteiger partial charge on any atom is 0.222 e. The lowest BCUT2D eigenvalue weighted by atomic mass is 9.94. The van der Waals surface area contributed by atoms with E-state index < -0.39 is 0 Å². The van der Waals surface area contributed by atoms with Crippen LogP contribution < -0.4 is 0 Å². The van der Waals surface area contributed by atoms with Gasteiger partial charge in [0.1, 0.15) is 0 Å². The lowest BCUT2D eigenvalue weighted by molar-refractivity contribution is -0.137. The number of nitrogens with zero attached hydrogens (tertiary/aromatic N) is 2. The molecule has 2 fully saturated rings. The zero-order valence-electron chi connectivity index (χ0n) is 10.6. The molecule has 0 saturated carbocycles. The second-order valence-electron chi connectivity index (χ2n) is 5.36. The Kier molecular flexibility index (Phi) is 3.85. The van der Waals surface area contributed by atoms with E-state index in [4.69, 9.17) is 0 Å². The highest BCUT2D eigenvalue weighted by atomic mass is 16.2. The summed E-state index contributed by atoms with van der Waals surface area (Å²) < 4.78 is 0. The van der Waals surface area contributed by atoms with Crippen LogP contribution >= 0.6 is 0 Å². The maximum absolute atomic E-state index is 11.8. The summed E-state index contributed by atoms with van der Waals surface area (Å²) in [6, 6.07) is 0.423. The maximum atomic E-state index is 11.8. The molecule has 2 aliphatic heterocycles. The molecule has 2 saturated heterocycles. The number of piperidine rings is 1. The second kappa shape index (κ2) is 5.17. The molecule has 0 aromatic heterocycles. The normalized spacial score (nSPS) is 29.0. The summed E-state index contributed by atoms with van der Waals surface area (Å²) in [6.07, 6.45) is 4.30. The van der Waals surface area contributed by atoms with Crippen molar-refractivity contribution in [1.29, 1.82) is 0 Å². The molecule has 0 aromatic rings. The van der Waals surface area contributed by atoms with Crippen molar-refractivity contribution in [2.24, 2.45) is 5.92 Å². The Bertz CT molecular complexity index is 250. The van der Waals surface area contributed by atoms with Crippen molar-refractivity contribution < 1.29 is 4.79 Å². The van der Waals surface area contributed by atoms with Crippen LogP contribution in [0.25, 0.3) is 0 Å². The molecule has 0 aliphatic carbocycles. The Balaban J connectivity index is 1.85. The quantitative estimate of drug-likeness (QED) is 0.726. The van der Waals surface area contributed by atoms with E-state index in [1.54, 1.807) is 0 Å². The van der Waals surface area contributed by atoms with Crippen molar-refractivity contribution in [2.45, 2.75) is 45.6 Å². The molecule has 2 atom stereocenters. The predicted molar refractivity (Wildman–Crippen MR) is 65.2 cm³/mol. The molecule has 0 bridgehead atoms. The van der Waals surface area contributed by atoms with Gasteiger partial charge in [-0.25, -0.2) is 0 Å². The van der Waals surface area contributed by atoms with Crippen LogP contribution in [0.1, 0.15) is 39.5 Å². The molecule has 2 rings (SSSR count). The molecule has 1 amide bonds. The first kappa shape index (κ1) is 11.9. The Morgan fingerprint density at radius 3 is 2.75 bits per heavy atom. The van der Waals surface area contributed by atoms with Gasteiger partial charge < -0.3 is 9.80 Å². The summed E-state index contributed by atoms with van der Waals surface area (Å²) in [7, 11) is 0. The van der Waals surface area contributed by atoms with Crippen molar-refractivity contribution >= 4 is 5.91 Å². The lowest BCUT2D eigenvalue weighted by Gasteiger charge is -2.40. The van der Waals surface area contributed by atoms with E-state index in [1.165, 1.54) is 26.1 Å². The third-order valence-electron chi connectivity index (χ3n) is 4.13. The minimum absolute atomic E-state index is 0.370. The van der Waals surface area contributed by atoms with Crippen LogP contribution in [-0.4, -0.2) is 47.9 Å². The van der Waals surface area contributed by atoms with E-state index >= 15 is 0 Å². The SMILES string of the molecule is CCC(C)N1CC(CN2CCC2)CCC1=O. The number of carbonyl (C=O) groups excluding carboxylic acids is 1. The molecule has 3 nitrogen and oxygen atoms in total. The zero-order valence-corrected chi connectivity index (χ0v) is 10.6. The highest BCUT2D eigenvalue weighted by molar-refractivity contribution is 5.77. The minimum Gasteiger partial charge on any atom is -0.340 e. The van der Waals surface area contributed by atoms with Crippen molar-refractivity contribution in [3.63, 3.8) is 0 Å². The molecule has 0 aromatic carbocycles. The first-order valence-electron chi connectivity index (χ1n) is 6.72. The molecule has 2 unspecified atom stereocenters. The zero-order chi connectivity index (χ0) is 11.5. The van der Waals surface area contributed by atoms with Gasteiger partial charge in [0, 0.05) is 25.6 Å². The summed E-state index contributed by atoms with van der Waals surface area (Å²) in [5.41, 5.74) is 0. The van der Waals surface area contributed by atoms with Crippen molar-refractivity contribution in [2.75, 3.05) is 26.2 Å². The second-order valence-corrected chi connectivity index (χ2v) is 5.36. The molecule has 2 heterocycles. The van der Waals surface area contributed by atoms with Gasteiger partial charge >= 0.3 is 0 Å². The topological polar surface area (TPSA) is 23.6 Å². The predicted octanol–water partition coefficient (Wildman–Crippen LogP) is 1.73. The van der Waals surface area contributed by atoms with Crippen LogP contribution in [0.2, 0.25) is 0 Å². The van der Waals surface area contributed by atoms with Gasteiger partial charge in [-0.1, -0.05) is 6.92 Å².